The van der Waals surface area contributed by atoms with Crippen molar-refractivity contribution in [2.75, 3.05) is 13.1 Å². The number of alkyl halides is 3. The summed E-state index contributed by atoms with van der Waals surface area (Å²) in [6.45, 7) is 1.80. The van der Waals surface area contributed by atoms with Crippen LogP contribution in [0.1, 0.15) is 17.8 Å². The summed E-state index contributed by atoms with van der Waals surface area (Å²) >= 11 is 0. The minimum Gasteiger partial charge on any atom is -0.356 e. The largest absolute Gasteiger partial charge is 0.417 e. The Kier molecular flexibility index (Phi) is 3.40. The quantitative estimate of drug-likeness (QED) is 0.874. The molecule has 0 saturated carbocycles. The minimum absolute atomic E-state index is 0.244. The maximum absolute atomic E-state index is 12.7. The second-order valence-corrected chi connectivity index (χ2v) is 4.62. The molecule has 21 heavy (non-hydrogen) atoms. The standard InChI is InChI=1S/C12H13F3N6/c13-12(14,15)8-2-3-9-19-20-10(21(9)7-8)6-18-11-16-4-1-5-17-11/h2-3,7H,1,4-6H2,(H2,16,17,18). The fraction of sp³-hybridized carbons (Fsp3) is 0.417. The third kappa shape index (κ3) is 2.91. The molecular formula is C12H13F3N6. The molecule has 0 saturated heterocycles. The highest BCUT2D eigenvalue weighted by atomic mass is 19.4. The molecule has 9 heteroatoms. The Morgan fingerprint density at radius 1 is 1.29 bits per heavy atom. The first-order chi connectivity index (χ1) is 10.0. The summed E-state index contributed by atoms with van der Waals surface area (Å²) in [6, 6.07) is 2.30. The molecule has 0 unspecified atom stereocenters. The first-order valence-corrected chi connectivity index (χ1v) is 6.47. The van der Waals surface area contributed by atoms with E-state index in [1.54, 1.807) is 0 Å². The predicted octanol–water partition coefficient (Wildman–Crippen LogP) is 1.19. The number of pyridine rings is 1. The van der Waals surface area contributed by atoms with Crippen molar-refractivity contribution in [3.05, 3.63) is 29.7 Å². The van der Waals surface area contributed by atoms with Gasteiger partial charge in [-0.15, -0.1) is 10.2 Å². The number of aliphatic imine (C=N–C) groups is 1. The number of guanidine groups is 1. The first kappa shape index (κ1) is 13.7. The van der Waals surface area contributed by atoms with Crippen molar-refractivity contribution in [1.29, 1.82) is 0 Å². The fourth-order valence-corrected chi connectivity index (χ4v) is 2.04. The summed E-state index contributed by atoms with van der Waals surface area (Å²) < 4.78 is 39.5. The van der Waals surface area contributed by atoms with Crippen molar-refractivity contribution in [2.24, 2.45) is 4.99 Å². The normalized spacial score (nSPS) is 15.7. The maximum atomic E-state index is 12.7. The van der Waals surface area contributed by atoms with Crippen molar-refractivity contribution in [1.82, 2.24) is 25.2 Å². The third-order valence-electron chi connectivity index (χ3n) is 3.11. The van der Waals surface area contributed by atoms with Crippen molar-refractivity contribution in [2.45, 2.75) is 19.1 Å². The second kappa shape index (κ2) is 5.23. The molecule has 0 bridgehead atoms. The first-order valence-electron chi connectivity index (χ1n) is 6.47. The van der Waals surface area contributed by atoms with Crippen LogP contribution >= 0.6 is 0 Å². The van der Waals surface area contributed by atoms with Gasteiger partial charge in [-0.3, -0.25) is 9.39 Å². The molecule has 0 aromatic carbocycles. The number of nitrogens with one attached hydrogen (secondary N) is 2. The number of fused-ring (bicyclic) bond motifs is 1. The van der Waals surface area contributed by atoms with Crippen LogP contribution in [0.5, 0.6) is 0 Å². The lowest BCUT2D eigenvalue weighted by atomic mass is 10.3. The molecule has 1 aliphatic heterocycles. The van der Waals surface area contributed by atoms with E-state index in [1.807, 2.05) is 0 Å². The number of nitrogens with zero attached hydrogens (tertiary/aromatic N) is 4. The van der Waals surface area contributed by atoms with Gasteiger partial charge in [-0.05, 0) is 18.6 Å². The summed E-state index contributed by atoms with van der Waals surface area (Å²) in [7, 11) is 0. The summed E-state index contributed by atoms with van der Waals surface area (Å²) in [4.78, 5) is 4.22. The monoisotopic (exact) mass is 298 g/mol. The lowest BCUT2D eigenvalue weighted by Crippen LogP contribution is -2.40. The molecule has 0 aliphatic carbocycles. The Labute approximate surface area is 118 Å². The van der Waals surface area contributed by atoms with Crippen LogP contribution in [0.25, 0.3) is 5.65 Å². The van der Waals surface area contributed by atoms with Gasteiger partial charge in [0.2, 0.25) is 0 Å². The molecule has 0 fully saturated rings. The highest BCUT2D eigenvalue weighted by molar-refractivity contribution is 5.80. The van der Waals surface area contributed by atoms with Gasteiger partial charge < -0.3 is 10.6 Å². The van der Waals surface area contributed by atoms with Gasteiger partial charge in [-0.25, -0.2) is 0 Å². The van der Waals surface area contributed by atoms with Gasteiger partial charge in [-0.2, -0.15) is 13.2 Å². The Morgan fingerprint density at radius 3 is 2.86 bits per heavy atom. The van der Waals surface area contributed by atoms with Crippen LogP contribution in [-0.2, 0) is 12.7 Å². The van der Waals surface area contributed by atoms with Gasteiger partial charge in [0.15, 0.2) is 17.4 Å². The van der Waals surface area contributed by atoms with E-state index in [-0.39, 0.29) is 6.54 Å². The third-order valence-corrected chi connectivity index (χ3v) is 3.11. The zero-order chi connectivity index (χ0) is 14.9. The van der Waals surface area contributed by atoms with Crippen molar-refractivity contribution in [3.8, 4) is 0 Å². The topological polar surface area (TPSA) is 66.6 Å². The summed E-state index contributed by atoms with van der Waals surface area (Å²) in [5, 5.41) is 13.8. The number of rotatable bonds is 2. The number of aromatic nitrogens is 3. The number of hydrogen-bond donors (Lipinski definition) is 2. The van der Waals surface area contributed by atoms with Crippen LogP contribution in [0.4, 0.5) is 13.2 Å². The zero-order valence-electron chi connectivity index (χ0n) is 11.0. The molecule has 0 spiro atoms. The molecule has 3 heterocycles. The van der Waals surface area contributed by atoms with E-state index >= 15 is 0 Å². The van der Waals surface area contributed by atoms with Gasteiger partial charge in [-0.1, -0.05) is 0 Å². The molecule has 2 aromatic rings. The minimum atomic E-state index is -4.39. The average Bonchev–Trinajstić information content (AvgIpc) is 2.87. The van der Waals surface area contributed by atoms with E-state index in [0.29, 0.717) is 17.4 Å². The molecule has 112 valence electrons. The van der Waals surface area contributed by atoms with Gasteiger partial charge in [0, 0.05) is 19.3 Å². The van der Waals surface area contributed by atoms with Crippen LogP contribution in [-0.4, -0.2) is 33.6 Å². The van der Waals surface area contributed by atoms with Crippen LogP contribution in [0.3, 0.4) is 0 Å². The maximum Gasteiger partial charge on any atom is 0.417 e. The van der Waals surface area contributed by atoms with Crippen molar-refractivity contribution in [3.63, 3.8) is 0 Å². The number of halogens is 3. The molecular weight excluding hydrogens is 285 g/mol. The van der Waals surface area contributed by atoms with E-state index in [4.69, 9.17) is 0 Å². The highest BCUT2D eigenvalue weighted by Gasteiger charge is 2.31. The Bertz CT molecular complexity index is 675. The second-order valence-electron chi connectivity index (χ2n) is 4.62. The Morgan fingerprint density at radius 2 is 2.14 bits per heavy atom. The van der Waals surface area contributed by atoms with E-state index in [1.165, 1.54) is 10.5 Å². The van der Waals surface area contributed by atoms with Crippen molar-refractivity contribution < 1.29 is 13.2 Å². The molecule has 0 amide bonds. The zero-order valence-corrected chi connectivity index (χ0v) is 11.0. The van der Waals surface area contributed by atoms with Gasteiger partial charge in [0.1, 0.15) is 0 Å². The fourth-order valence-electron chi connectivity index (χ4n) is 2.04. The van der Waals surface area contributed by atoms with E-state index in [2.05, 4.69) is 25.8 Å². The van der Waals surface area contributed by atoms with Crippen LogP contribution in [0, 0.1) is 0 Å². The smallest absolute Gasteiger partial charge is 0.356 e. The summed E-state index contributed by atoms with van der Waals surface area (Å²) in [5.74, 6) is 1.02. The lowest BCUT2D eigenvalue weighted by molar-refractivity contribution is -0.137. The Balaban J connectivity index is 1.83. The highest BCUT2D eigenvalue weighted by Crippen LogP contribution is 2.29. The molecule has 0 radical (unpaired) electrons. The van der Waals surface area contributed by atoms with E-state index < -0.39 is 11.7 Å². The lowest BCUT2D eigenvalue weighted by Gasteiger charge is -2.15. The molecule has 3 rings (SSSR count). The van der Waals surface area contributed by atoms with Crippen LogP contribution < -0.4 is 10.6 Å². The SMILES string of the molecule is FC(F)(F)c1ccc2nnc(CNC3=NCCCN3)n2c1. The van der Waals surface area contributed by atoms with Gasteiger partial charge >= 0.3 is 6.18 Å². The molecule has 0 atom stereocenters. The number of hydrogen-bond acceptors (Lipinski definition) is 5. The van der Waals surface area contributed by atoms with E-state index in [0.717, 1.165) is 31.8 Å². The molecule has 2 aromatic heterocycles. The molecule has 2 N–H and O–H groups in total. The van der Waals surface area contributed by atoms with E-state index in [9.17, 15) is 13.2 Å². The molecule has 1 aliphatic rings. The summed E-state index contributed by atoms with van der Waals surface area (Å²) in [5.41, 5.74) is -0.359. The summed E-state index contributed by atoms with van der Waals surface area (Å²) in [6.07, 6.45) is -2.42. The van der Waals surface area contributed by atoms with Crippen LogP contribution in [0.2, 0.25) is 0 Å². The average molecular weight is 298 g/mol. The predicted molar refractivity (Wildman–Crippen MR) is 69.8 cm³/mol. The van der Waals surface area contributed by atoms with Crippen LogP contribution in [0.15, 0.2) is 23.3 Å². The molecule has 6 nitrogen and oxygen atoms in total. The van der Waals surface area contributed by atoms with Crippen molar-refractivity contribution >= 4 is 11.6 Å². The van der Waals surface area contributed by atoms with Gasteiger partial charge in [0.05, 0.1) is 12.1 Å². The van der Waals surface area contributed by atoms with Gasteiger partial charge in [0.25, 0.3) is 0 Å². The Hall–Kier alpha value is -2.32.